The van der Waals surface area contributed by atoms with Crippen molar-refractivity contribution in [2.75, 3.05) is 19.6 Å². The fourth-order valence-electron chi connectivity index (χ4n) is 3.73. The molecule has 21 heavy (non-hydrogen) atoms. The van der Waals surface area contributed by atoms with Crippen molar-refractivity contribution in [3.63, 3.8) is 0 Å². The number of phenols is 1. The first-order valence-electron chi connectivity index (χ1n) is 8.43. The minimum absolute atomic E-state index is 0.226. The summed E-state index contributed by atoms with van der Waals surface area (Å²) in [5, 5.41) is 9.85. The molecule has 0 spiro atoms. The Balaban J connectivity index is 2.16. The minimum Gasteiger partial charge on any atom is -0.508 e. The van der Waals surface area contributed by atoms with Gasteiger partial charge in [0.05, 0.1) is 0 Å². The van der Waals surface area contributed by atoms with Crippen LogP contribution in [-0.4, -0.2) is 29.6 Å². The quantitative estimate of drug-likeness (QED) is 0.837. The number of benzene rings is 1. The molecule has 1 unspecified atom stereocenters. The standard InChI is InChI=1S/C19H31NO/c1-15(2)8-10-20-11-9-19(14-20,13-16(3)4)17-6-5-7-18(21)12-17/h5-7,12,15-16,21H,8-11,13-14H2,1-4H3. The van der Waals surface area contributed by atoms with E-state index in [2.05, 4.69) is 38.7 Å². The number of hydrogen-bond acceptors (Lipinski definition) is 2. The molecule has 0 radical (unpaired) electrons. The zero-order valence-corrected chi connectivity index (χ0v) is 14.1. The van der Waals surface area contributed by atoms with Crippen LogP contribution in [0.5, 0.6) is 5.75 Å². The maximum absolute atomic E-state index is 9.85. The summed E-state index contributed by atoms with van der Waals surface area (Å²) in [6.07, 6.45) is 3.69. The average Bonchev–Trinajstić information content (AvgIpc) is 2.80. The highest BCUT2D eigenvalue weighted by Crippen LogP contribution is 2.41. The smallest absolute Gasteiger partial charge is 0.115 e. The maximum atomic E-state index is 9.85. The predicted molar refractivity (Wildman–Crippen MR) is 89.8 cm³/mol. The van der Waals surface area contributed by atoms with Crippen LogP contribution >= 0.6 is 0 Å². The van der Waals surface area contributed by atoms with Gasteiger partial charge in [0.2, 0.25) is 0 Å². The fraction of sp³-hybridized carbons (Fsp3) is 0.684. The number of likely N-dealkylation sites (tertiary alicyclic amines) is 1. The molecule has 118 valence electrons. The van der Waals surface area contributed by atoms with Crippen molar-refractivity contribution < 1.29 is 5.11 Å². The van der Waals surface area contributed by atoms with E-state index in [4.69, 9.17) is 0 Å². The lowest BCUT2D eigenvalue weighted by Gasteiger charge is -2.32. The van der Waals surface area contributed by atoms with E-state index in [0.717, 1.165) is 12.5 Å². The molecule has 1 heterocycles. The molecule has 1 aliphatic rings. The van der Waals surface area contributed by atoms with E-state index in [9.17, 15) is 5.11 Å². The van der Waals surface area contributed by atoms with Gasteiger partial charge < -0.3 is 10.0 Å². The normalized spacial score (nSPS) is 23.3. The topological polar surface area (TPSA) is 23.5 Å². The summed E-state index contributed by atoms with van der Waals surface area (Å²) < 4.78 is 0. The second-order valence-electron chi connectivity index (χ2n) is 7.64. The van der Waals surface area contributed by atoms with Crippen molar-refractivity contribution in [2.24, 2.45) is 11.8 Å². The summed E-state index contributed by atoms with van der Waals surface area (Å²) in [6, 6.07) is 7.95. The summed E-state index contributed by atoms with van der Waals surface area (Å²) in [6.45, 7) is 12.7. The Hall–Kier alpha value is -1.02. The molecule has 2 nitrogen and oxygen atoms in total. The summed E-state index contributed by atoms with van der Waals surface area (Å²) in [4.78, 5) is 2.62. The summed E-state index contributed by atoms with van der Waals surface area (Å²) >= 11 is 0. The molecule has 1 aliphatic heterocycles. The first-order valence-corrected chi connectivity index (χ1v) is 8.43. The van der Waals surface area contributed by atoms with Crippen LogP contribution in [0, 0.1) is 11.8 Å². The largest absolute Gasteiger partial charge is 0.508 e. The third-order valence-electron chi connectivity index (χ3n) is 4.71. The molecule has 1 atom stereocenters. The Bertz CT molecular complexity index is 455. The van der Waals surface area contributed by atoms with Crippen molar-refractivity contribution in [2.45, 2.75) is 52.4 Å². The first-order chi connectivity index (χ1) is 9.91. The second kappa shape index (κ2) is 6.83. The van der Waals surface area contributed by atoms with Gasteiger partial charge in [-0.2, -0.15) is 0 Å². The molecule has 0 aromatic heterocycles. The summed E-state index contributed by atoms with van der Waals surface area (Å²) in [7, 11) is 0. The lowest BCUT2D eigenvalue weighted by Crippen LogP contribution is -2.33. The van der Waals surface area contributed by atoms with Gasteiger partial charge in [-0.1, -0.05) is 39.8 Å². The van der Waals surface area contributed by atoms with Gasteiger partial charge in [0.1, 0.15) is 5.75 Å². The van der Waals surface area contributed by atoms with E-state index >= 15 is 0 Å². The number of phenolic OH excluding ortho intramolecular Hbond substituents is 1. The molecule has 0 saturated carbocycles. The van der Waals surface area contributed by atoms with Gasteiger partial charge in [-0.3, -0.25) is 0 Å². The van der Waals surface area contributed by atoms with Gasteiger partial charge in [0.25, 0.3) is 0 Å². The van der Waals surface area contributed by atoms with Crippen LogP contribution in [0.2, 0.25) is 0 Å². The van der Waals surface area contributed by atoms with Crippen LogP contribution in [0.3, 0.4) is 0 Å². The molecular formula is C19H31NO. The molecule has 2 rings (SSSR count). The van der Waals surface area contributed by atoms with Crippen LogP contribution in [0.1, 0.15) is 52.5 Å². The Kier molecular flexibility index (Phi) is 5.32. The van der Waals surface area contributed by atoms with E-state index in [-0.39, 0.29) is 5.41 Å². The monoisotopic (exact) mass is 289 g/mol. The lowest BCUT2D eigenvalue weighted by molar-refractivity contribution is 0.273. The molecule has 1 fully saturated rings. The van der Waals surface area contributed by atoms with E-state index in [1.807, 2.05) is 12.1 Å². The van der Waals surface area contributed by atoms with Crippen molar-refractivity contribution in [3.05, 3.63) is 29.8 Å². The molecule has 1 N–H and O–H groups in total. The molecule has 1 aromatic rings. The highest BCUT2D eigenvalue weighted by molar-refractivity contribution is 5.34. The van der Waals surface area contributed by atoms with Crippen molar-refractivity contribution in [1.82, 2.24) is 4.90 Å². The van der Waals surface area contributed by atoms with Crippen molar-refractivity contribution in [3.8, 4) is 5.75 Å². The lowest BCUT2D eigenvalue weighted by atomic mass is 9.73. The zero-order chi connectivity index (χ0) is 15.5. The second-order valence-corrected chi connectivity index (χ2v) is 7.64. The van der Waals surface area contributed by atoms with E-state index in [1.54, 1.807) is 6.07 Å². The molecule has 0 bridgehead atoms. The van der Waals surface area contributed by atoms with Crippen molar-refractivity contribution in [1.29, 1.82) is 0 Å². The number of hydrogen-bond donors (Lipinski definition) is 1. The molecule has 2 heteroatoms. The summed E-state index contributed by atoms with van der Waals surface area (Å²) in [5.41, 5.74) is 1.55. The molecule has 1 saturated heterocycles. The van der Waals surface area contributed by atoms with Crippen LogP contribution in [0.4, 0.5) is 0 Å². The van der Waals surface area contributed by atoms with E-state index in [0.29, 0.717) is 11.7 Å². The van der Waals surface area contributed by atoms with Crippen molar-refractivity contribution >= 4 is 0 Å². The SMILES string of the molecule is CC(C)CCN1CCC(CC(C)C)(c2cccc(O)c2)C1. The maximum Gasteiger partial charge on any atom is 0.115 e. The van der Waals surface area contributed by atoms with Gasteiger partial charge in [0.15, 0.2) is 0 Å². The van der Waals surface area contributed by atoms with Crippen LogP contribution in [-0.2, 0) is 5.41 Å². The van der Waals surface area contributed by atoms with E-state index < -0.39 is 0 Å². The average molecular weight is 289 g/mol. The highest BCUT2D eigenvalue weighted by Gasteiger charge is 2.39. The Morgan fingerprint density at radius 2 is 1.95 bits per heavy atom. The van der Waals surface area contributed by atoms with Crippen LogP contribution in [0.25, 0.3) is 0 Å². The molecule has 0 aliphatic carbocycles. The fourth-order valence-corrected chi connectivity index (χ4v) is 3.73. The Morgan fingerprint density at radius 1 is 1.19 bits per heavy atom. The number of nitrogens with zero attached hydrogens (tertiary/aromatic N) is 1. The van der Waals surface area contributed by atoms with Gasteiger partial charge in [0, 0.05) is 12.0 Å². The molecular weight excluding hydrogens is 258 g/mol. The molecule has 0 amide bonds. The number of aromatic hydroxyl groups is 1. The zero-order valence-electron chi connectivity index (χ0n) is 14.1. The Morgan fingerprint density at radius 3 is 2.57 bits per heavy atom. The van der Waals surface area contributed by atoms with Gasteiger partial charge in [-0.15, -0.1) is 0 Å². The highest BCUT2D eigenvalue weighted by atomic mass is 16.3. The molecule has 1 aromatic carbocycles. The first kappa shape index (κ1) is 16.4. The van der Waals surface area contributed by atoms with Crippen LogP contribution in [0.15, 0.2) is 24.3 Å². The number of rotatable bonds is 6. The third kappa shape index (κ3) is 4.23. The third-order valence-corrected chi connectivity index (χ3v) is 4.71. The van der Waals surface area contributed by atoms with Gasteiger partial charge in [-0.25, -0.2) is 0 Å². The Labute approximate surface area is 130 Å². The van der Waals surface area contributed by atoms with Crippen LogP contribution < -0.4 is 0 Å². The predicted octanol–water partition coefficient (Wildman–Crippen LogP) is 4.43. The van der Waals surface area contributed by atoms with E-state index in [1.165, 1.54) is 37.9 Å². The minimum atomic E-state index is 0.226. The summed E-state index contributed by atoms with van der Waals surface area (Å²) in [5.74, 6) is 1.85. The van der Waals surface area contributed by atoms with Gasteiger partial charge in [-0.05, 0) is 61.9 Å². The van der Waals surface area contributed by atoms with Gasteiger partial charge >= 0.3 is 0 Å².